The molecule has 0 radical (unpaired) electrons. The highest BCUT2D eigenvalue weighted by Gasteiger charge is 2.33. The van der Waals surface area contributed by atoms with E-state index < -0.39 is 0 Å². The lowest BCUT2D eigenvalue weighted by molar-refractivity contribution is -0.119. The average Bonchev–Trinajstić information content (AvgIpc) is 3.35. The topological polar surface area (TPSA) is 86.8 Å². The normalized spacial score (nSPS) is 23.9. The van der Waals surface area contributed by atoms with Gasteiger partial charge in [0.25, 0.3) is 0 Å². The molecule has 3 atom stereocenters. The quantitative estimate of drug-likeness (QED) is 0.718. The van der Waals surface area contributed by atoms with Crippen molar-refractivity contribution in [2.75, 3.05) is 4.90 Å². The fourth-order valence-corrected chi connectivity index (χ4v) is 5.05. The molecule has 0 saturated heterocycles. The zero-order valence-electron chi connectivity index (χ0n) is 16.9. The van der Waals surface area contributed by atoms with Gasteiger partial charge in [-0.2, -0.15) is 0 Å². The maximum absolute atomic E-state index is 11.4. The Bertz CT molecular complexity index is 1060. The first kappa shape index (κ1) is 18.1. The van der Waals surface area contributed by atoms with Gasteiger partial charge in [-0.15, -0.1) is 0 Å². The minimum absolute atomic E-state index is 0.0496. The molecule has 2 aliphatic rings. The highest BCUT2D eigenvalue weighted by atomic mass is 16.1. The van der Waals surface area contributed by atoms with Crippen molar-refractivity contribution >= 4 is 22.6 Å². The Labute approximate surface area is 170 Å². The number of nitrogens with zero attached hydrogens (tertiary/aromatic N) is 4. The highest BCUT2D eigenvalue weighted by Crippen LogP contribution is 2.39. The Kier molecular flexibility index (Phi) is 4.45. The number of anilines is 1. The Morgan fingerprint density at radius 1 is 1.24 bits per heavy atom. The van der Waals surface area contributed by atoms with Crippen LogP contribution in [0, 0.1) is 0 Å². The van der Waals surface area contributed by atoms with Crippen LogP contribution >= 0.6 is 0 Å². The zero-order chi connectivity index (χ0) is 20.0. The lowest BCUT2D eigenvalue weighted by Gasteiger charge is -2.37. The van der Waals surface area contributed by atoms with E-state index in [9.17, 15) is 4.79 Å². The van der Waals surface area contributed by atoms with Crippen LogP contribution < -0.4 is 10.2 Å². The Morgan fingerprint density at radius 2 is 2.14 bits per heavy atom. The number of aromatic nitrogens is 4. The summed E-state index contributed by atoms with van der Waals surface area (Å²) in [5, 5.41) is 4.22. The second-order valence-electron chi connectivity index (χ2n) is 8.34. The zero-order valence-corrected chi connectivity index (χ0v) is 16.9. The molecule has 2 N–H and O–H groups in total. The molecule has 3 unspecified atom stereocenters. The molecule has 1 aliphatic heterocycles. The van der Waals surface area contributed by atoms with Crippen LogP contribution in [0.15, 0.2) is 30.9 Å². The predicted octanol–water partition coefficient (Wildman–Crippen LogP) is 3.08. The highest BCUT2D eigenvalue weighted by molar-refractivity contribution is 5.90. The van der Waals surface area contributed by atoms with E-state index in [0.29, 0.717) is 12.0 Å². The first-order valence-corrected chi connectivity index (χ1v) is 10.4. The van der Waals surface area contributed by atoms with Gasteiger partial charge in [0.2, 0.25) is 5.91 Å². The predicted molar refractivity (Wildman–Crippen MR) is 112 cm³/mol. The van der Waals surface area contributed by atoms with Gasteiger partial charge in [-0.25, -0.2) is 15.0 Å². The van der Waals surface area contributed by atoms with E-state index in [0.717, 1.165) is 43.3 Å². The molecule has 7 nitrogen and oxygen atoms in total. The van der Waals surface area contributed by atoms with Crippen molar-refractivity contribution in [1.29, 1.82) is 0 Å². The van der Waals surface area contributed by atoms with E-state index in [1.165, 1.54) is 22.6 Å². The van der Waals surface area contributed by atoms with Crippen LogP contribution in [0.1, 0.15) is 56.0 Å². The third-order valence-corrected chi connectivity index (χ3v) is 6.39. The summed E-state index contributed by atoms with van der Waals surface area (Å²) in [6, 6.07) is 4.80. The number of amides is 1. The molecule has 1 saturated carbocycles. The maximum atomic E-state index is 11.4. The molecule has 7 heteroatoms. The number of rotatable bonds is 3. The van der Waals surface area contributed by atoms with E-state index in [2.05, 4.69) is 44.2 Å². The second-order valence-corrected chi connectivity index (χ2v) is 8.34. The molecule has 1 aliphatic carbocycles. The Morgan fingerprint density at radius 3 is 3.00 bits per heavy atom. The fraction of sp³-hybridized carbons (Fsp3) is 0.455. The van der Waals surface area contributed by atoms with Crippen LogP contribution in [0.25, 0.3) is 11.0 Å². The largest absolute Gasteiger partial charge is 0.363 e. The lowest BCUT2D eigenvalue weighted by atomic mass is 9.91. The minimum Gasteiger partial charge on any atom is -0.363 e. The number of aromatic amines is 1. The van der Waals surface area contributed by atoms with Crippen LogP contribution in [0.3, 0.4) is 0 Å². The molecule has 1 amide bonds. The van der Waals surface area contributed by atoms with Gasteiger partial charge < -0.3 is 15.2 Å². The van der Waals surface area contributed by atoms with Gasteiger partial charge in [-0.3, -0.25) is 4.79 Å². The average molecular weight is 390 g/mol. The van der Waals surface area contributed by atoms with Crippen molar-refractivity contribution in [2.45, 2.75) is 64.1 Å². The van der Waals surface area contributed by atoms with Crippen molar-refractivity contribution < 1.29 is 4.79 Å². The molecule has 4 heterocycles. The van der Waals surface area contributed by atoms with E-state index in [4.69, 9.17) is 4.98 Å². The summed E-state index contributed by atoms with van der Waals surface area (Å²) in [6.07, 6.45) is 9.46. The number of H-pyrrole nitrogens is 1. The number of pyridine rings is 1. The molecular weight excluding hydrogens is 364 g/mol. The molecule has 3 aromatic heterocycles. The molecule has 5 rings (SSSR count). The smallest absolute Gasteiger partial charge is 0.217 e. The summed E-state index contributed by atoms with van der Waals surface area (Å²) in [5.41, 5.74) is 5.71. The maximum Gasteiger partial charge on any atom is 0.217 e. The molecule has 29 heavy (non-hydrogen) atoms. The van der Waals surface area contributed by atoms with Gasteiger partial charge in [-0.1, -0.05) is 0 Å². The van der Waals surface area contributed by atoms with Crippen LogP contribution in [0.2, 0.25) is 0 Å². The number of nitrogens with one attached hydrogen (secondary N) is 2. The van der Waals surface area contributed by atoms with Crippen LogP contribution in [-0.4, -0.2) is 37.9 Å². The summed E-state index contributed by atoms with van der Waals surface area (Å²) < 4.78 is 0. The van der Waals surface area contributed by atoms with E-state index in [1.54, 1.807) is 13.3 Å². The first-order valence-electron chi connectivity index (χ1n) is 10.4. The number of hydrogen-bond acceptors (Lipinski definition) is 5. The minimum atomic E-state index is 0.0496. The standard InChI is InChI=1S/C22H26N6O/c1-13-9-19-18(11-28(13)20-6-8-24-22-17(20)5-7-23-22)21(26-12-25-19)15-3-4-16(10-15)27-14(2)29/h5-8,12-13,15-16H,3-4,9-11H2,1-2H3,(H,23,24)(H,27,29). The van der Waals surface area contributed by atoms with Crippen LogP contribution in [-0.2, 0) is 17.8 Å². The van der Waals surface area contributed by atoms with E-state index in [1.807, 2.05) is 12.4 Å². The van der Waals surface area contributed by atoms with Crippen molar-refractivity contribution in [3.05, 3.63) is 47.8 Å². The SMILES string of the molecule is CC(=O)NC1CCC(c2ncnc3c2CN(c2ccnc4[nH]ccc24)C(C)C3)C1. The summed E-state index contributed by atoms with van der Waals surface area (Å²) in [7, 11) is 0. The molecule has 0 aromatic carbocycles. The third-order valence-electron chi connectivity index (χ3n) is 6.39. The number of fused-ring (bicyclic) bond motifs is 2. The molecular formula is C22H26N6O. The van der Waals surface area contributed by atoms with E-state index >= 15 is 0 Å². The third kappa shape index (κ3) is 3.24. The van der Waals surface area contributed by atoms with Gasteiger partial charge in [0.1, 0.15) is 12.0 Å². The fourth-order valence-electron chi connectivity index (χ4n) is 5.05. The molecule has 1 fully saturated rings. The van der Waals surface area contributed by atoms with Gasteiger partial charge in [0, 0.05) is 66.9 Å². The number of carbonyl (C=O) groups excluding carboxylic acids is 1. The van der Waals surface area contributed by atoms with Crippen molar-refractivity contribution in [3.8, 4) is 0 Å². The summed E-state index contributed by atoms with van der Waals surface area (Å²) in [4.78, 5) is 30.9. The van der Waals surface area contributed by atoms with Crippen molar-refractivity contribution in [1.82, 2.24) is 25.3 Å². The van der Waals surface area contributed by atoms with Crippen LogP contribution in [0.5, 0.6) is 0 Å². The van der Waals surface area contributed by atoms with Gasteiger partial charge in [0.05, 0.1) is 11.4 Å². The number of hydrogen-bond donors (Lipinski definition) is 2. The van der Waals surface area contributed by atoms with Crippen molar-refractivity contribution in [2.24, 2.45) is 0 Å². The summed E-state index contributed by atoms with van der Waals surface area (Å²) in [6.45, 7) is 4.65. The molecule has 3 aromatic rings. The summed E-state index contributed by atoms with van der Waals surface area (Å²) >= 11 is 0. The molecule has 0 bridgehead atoms. The van der Waals surface area contributed by atoms with Crippen LogP contribution in [0.4, 0.5) is 5.69 Å². The van der Waals surface area contributed by atoms with Gasteiger partial charge in [0.15, 0.2) is 0 Å². The van der Waals surface area contributed by atoms with E-state index in [-0.39, 0.29) is 11.9 Å². The first-order chi connectivity index (χ1) is 14.1. The lowest BCUT2D eigenvalue weighted by Crippen LogP contribution is -2.40. The monoisotopic (exact) mass is 390 g/mol. The Hall–Kier alpha value is -2.96. The second kappa shape index (κ2) is 7.13. The van der Waals surface area contributed by atoms with Gasteiger partial charge >= 0.3 is 0 Å². The number of carbonyl (C=O) groups is 1. The molecule has 0 spiro atoms. The van der Waals surface area contributed by atoms with Crippen molar-refractivity contribution in [3.63, 3.8) is 0 Å². The van der Waals surface area contributed by atoms with Gasteiger partial charge in [-0.05, 0) is 38.3 Å². The summed E-state index contributed by atoms with van der Waals surface area (Å²) in [5.74, 6) is 0.428. The molecule has 150 valence electrons. The Balaban J connectivity index is 1.48.